The van der Waals surface area contributed by atoms with E-state index in [-0.39, 0.29) is 29.5 Å². The fraction of sp³-hybridized carbons (Fsp3) is 0.211. The topological polar surface area (TPSA) is 123 Å². The Morgan fingerprint density at radius 3 is 2.76 bits per heavy atom. The Labute approximate surface area is 170 Å². The first kappa shape index (κ1) is 20.3. The third-order valence-electron chi connectivity index (χ3n) is 4.06. The van der Waals surface area contributed by atoms with E-state index in [4.69, 9.17) is 4.74 Å². The summed E-state index contributed by atoms with van der Waals surface area (Å²) >= 11 is 1.18. The summed E-state index contributed by atoms with van der Waals surface area (Å²) in [5.41, 5.74) is 1.01. The van der Waals surface area contributed by atoms with Crippen molar-refractivity contribution in [3.05, 3.63) is 64.2 Å². The summed E-state index contributed by atoms with van der Waals surface area (Å²) in [5, 5.41) is 16.0. The molecule has 1 saturated heterocycles. The number of benzene rings is 2. The molecule has 1 aliphatic heterocycles. The number of nitro benzene ring substituents is 1. The summed E-state index contributed by atoms with van der Waals surface area (Å²) in [4.78, 5) is 39.3. The minimum Gasteiger partial charge on any atom is -0.495 e. The second-order valence-corrected chi connectivity index (χ2v) is 7.29. The zero-order valence-electron chi connectivity index (χ0n) is 15.5. The monoisotopic (exact) mass is 414 g/mol. The van der Waals surface area contributed by atoms with Gasteiger partial charge < -0.3 is 15.4 Å². The molecule has 9 nitrogen and oxygen atoms in total. The van der Waals surface area contributed by atoms with Crippen LogP contribution in [-0.4, -0.2) is 34.3 Å². The van der Waals surface area contributed by atoms with Crippen LogP contribution in [-0.2, 0) is 16.1 Å². The van der Waals surface area contributed by atoms with Crippen LogP contribution in [0.1, 0.15) is 12.0 Å². The first-order valence-electron chi connectivity index (χ1n) is 8.64. The Kier molecular flexibility index (Phi) is 6.45. The van der Waals surface area contributed by atoms with E-state index in [2.05, 4.69) is 15.6 Å². The SMILES string of the molecule is COc1ccc([N+](=O)[O-])cc1NC(=O)C[C@H]1SC(=NCc2ccccc2)NC1=O. The van der Waals surface area contributed by atoms with Gasteiger partial charge in [0.15, 0.2) is 5.17 Å². The van der Waals surface area contributed by atoms with Gasteiger partial charge in [0.2, 0.25) is 11.8 Å². The number of anilines is 1. The van der Waals surface area contributed by atoms with Crippen molar-refractivity contribution in [3.63, 3.8) is 0 Å². The van der Waals surface area contributed by atoms with Gasteiger partial charge in [0.1, 0.15) is 11.0 Å². The number of carbonyl (C=O) groups is 2. The number of nitro groups is 1. The summed E-state index contributed by atoms with van der Waals surface area (Å²) in [6.07, 6.45) is -0.104. The van der Waals surface area contributed by atoms with E-state index in [9.17, 15) is 19.7 Å². The number of ether oxygens (including phenoxy) is 1. The van der Waals surface area contributed by atoms with Crippen molar-refractivity contribution in [1.82, 2.24) is 5.32 Å². The molecular weight excluding hydrogens is 396 g/mol. The Balaban J connectivity index is 1.61. The van der Waals surface area contributed by atoms with Crippen LogP contribution in [0.3, 0.4) is 0 Å². The van der Waals surface area contributed by atoms with Crippen LogP contribution in [0.2, 0.25) is 0 Å². The van der Waals surface area contributed by atoms with E-state index in [1.165, 1.54) is 37.1 Å². The number of thioether (sulfide) groups is 1. The highest BCUT2D eigenvalue weighted by molar-refractivity contribution is 8.15. The number of aliphatic imine (C=N–C) groups is 1. The molecule has 2 amide bonds. The van der Waals surface area contributed by atoms with Gasteiger partial charge in [0.05, 0.1) is 24.3 Å². The summed E-state index contributed by atoms with van der Waals surface area (Å²) in [7, 11) is 1.40. The number of methoxy groups -OCH3 is 1. The standard InChI is InChI=1S/C19H18N4O5S/c1-28-15-8-7-13(23(26)27)9-14(15)21-17(24)10-16-18(25)22-19(29-16)20-11-12-5-3-2-4-6-12/h2-9,16H,10-11H2,1H3,(H,21,24)(H,20,22,25)/t16-/m1/s1. The van der Waals surface area contributed by atoms with Crippen molar-refractivity contribution in [3.8, 4) is 5.75 Å². The highest BCUT2D eigenvalue weighted by Crippen LogP contribution is 2.30. The first-order chi connectivity index (χ1) is 14.0. The maximum Gasteiger partial charge on any atom is 0.271 e. The highest BCUT2D eigenvalue weighted by Gasteiger charge is 2.32. The highest BCUT2D eigenvalue weighted by atomic mass is 32.2. The largest absolute Gasteiger partial charge is 0.495 e. The second-order valence-electron chi connectivity index (χ2n) is 6.10. The Hall–Kier alpha value is -3.40. The molecule has 0 aliphatic carbocycles. The zero-order valence-corrected chi connectivity index (χ0v) is 16.3. The molecule has 150 valence electrons. The van der Waals surface area contributed by atoms with Gasteiger partial charge in [-0.1, -0.05) is 42.1 Å². The van der Waals surface area contributed by atoms with Crippen LogP contribution in [0, 0.1) is 10.1 Å². The summed E-state index contributed by atoms with van der Waals surface area (Å²) in [6.45, 7) is 0.424. The number of amides is 2. The number of amidine groups is 1. The molecule has 1 heterocycles. The van der Waals surface area contributed by atoms with Crippen LogP contribution in [0.15, 0.2) is 53.5 Å². The molecule has 0 spiro atoms. The lowest BCUT2D eigenvalue weighted by atomic mass is 10.2. The smallest absolute Gasteiger partial charge is 0.271 e. The number of nitrogens with zero attached hydrogens (tertiary/aromatic N) is 2. The van der Waals surface area contributed by atoms with E-state index < -0.39 is 16.1 Å². The molecule has 1 atom stereocenters. The zero-order chi connectivity index (χ0) is 20.8. The van der Waals surface area contributed by atoms with Crippen LogP contribution >= 0.6 is 11.8 Å². The van der Waals surface area contributed by atoms with E-state index in [0.717, 1.165) is 5.56 Å². The predicted molar refractivity (Wildman–Crippen MR) is 110 cm³/mol. The lowest BCUT2D eigenvalue weighted by Crippen LogP contribution is -2.28. The van der Waals surface area contributed by atoms with Crippen LogP contribution in [0.25, 0.3) is 0 Å². The molecule has 1 fully saturated rings. The van der Waals surface area contributed by atoms with E-state index >= 15 is 0 Å². The first-order valence-corrected chi connectivity index (χ1v) is 9.52. The molecule has 0 unspecified atom stereocenters. The van der Waals surface area contributed by atoms with Crippen molar-refractivity contribution >= 4 is 40.1 Å². The van der Waals surface area contributed by atoms with Crippen molar-refractivity contribution in [2.75, 3.05) is 12.4 Å². The van der Waals surface area contributed by atoms with Gasteiger partial charge in [-0.2, -0.15) is 0 Å². The average molecular weight is 414 g/mol. The molecule has 0 saturated carbocycles. The molecule has 2 aromatic rings. The van der Waals surface area contributed by atoms with Gasteiger partial charge in [-0.05, 0) is 11.6 Å². The molecular formula is C19H18N4O5S. The number of carbonyl (C=O) groups excluding carboxylic acids is 2. The molecule has 3 rings (SSSR count). The number of nitrogens with one attached hydrogen (secondary N) is 2. The van der Waals surface area contributed by atoms with Crippen molar-refractivity contribution in [2.45, 2.75) is 18.2 Å². The predicted octanol–water partition coefficient (Wildman–Crippen LogP) is 2.72. The fourth-order valence-electron chi connectivity index (χ4n) is 2.64. The van der Waals surface area contributed by atoms with Crippen molar-refractivity contribution in [2.24, 2.45) is 4.99 Å². The molecule has 10 heteroatoms. The summed E-state index contributed by atoms with van der Waals surface area (Å²) in [5.74, 6) is -0.471. The Bertz CT molecular complexity index is 964. The Morgan fingerprint density at radius 2 is 2.07 bits per heavy atom. The Morgan fingerprint density at radius 1 is 1.31 bits per heavy atom. The molecule has 0 bridgehead atoms. The van der Waals surface area contributed by atoms with E-state index in [1.807, 2.05) is 30.3 Å². The van der Waals surface area contributed by atoms with Crippen molar-refractivity contribution in [1.29, 1.82) is 0 Å². The van der Waals surface area contributed by atoms with Crippen molar-refractivity contribution < 1.29 is 19.2 Å². The van der Waals surface area contributed by atoms with Gasteiger partial charge in [0, 0.05) is 18.6 Å². The van der Waals surface area contributed by atoms with Crippen LogP contribution in [0.5, 0.6) is 5.75 Å². The van der Waals surface area contributed by atoms with Crippen LogP contribution < -0.4 is 15.4 Å². The molecule has 2 N–H and O–H groups in total. The maximum atomic E-state index is 12.4. The number of rotatable bonds is 7. The lowest BCUT2D eigenvalue weighted by Gasteiger charge is -2.11. The lowest BCUT2D eigenvalue weighted by molar-refractivity contribution is -0.384. The summed E-state index contributed by atoms with van der Waals surface area (Å²) < 4.78 is 5.12. The maximum absolute atomic E-state index is 12.4. The third kappa shape index (κ3) is 5.32. The van der Waals surface area contributed by atoms with E-state index in [1.54, 1.807) is 0 Å². The second kappa shape index (κ2) is 9.20. The van der Waals surface area contributed by atoms with Gasteiger partial charge in [0.25, 0.3) is 5.69 Å². The van der Waals surface area contributed by atoms with Gasteiger partial charge in [-0.25, -0.2) is 0 Å². The minimum absolute atomic E-state index is 0.104. The van der Waals surface area contributed by atoms with Crippen LogP contribution in [0.4, 0.5) is 11.4 Å². The number of non-ortho nitro benzene ring substituents is 1. The minimum atomic E-state index is -0.630. The number of hydrogen-bond acceptors (Lipinski definition) is 7. The molecule has 29 heavy (non-hydrogen) atoms. The quantitative estimate of drug-likeness (QED) is 0.530. The molecule has 1 aliphatic rings. The molecule has 0 aromatic heterocycles. The molecule has 2 aromatic carbocycles. The number of hydrogen-bond donors (Lipinski definition) is 2. The fourth-order valence-corrected chi connectivity index (χ4v) is 3.61. The third-order valence-corrected chi connectivity index (χ3v) is 5.18. The van der Waals surface area contributed by atoms with E-state index in [0.29, 0.717) is 11.7 Å². The van der Waals surface area contributed by atoms with Gasteiger partial charge in [-0.15, -0.1) is 0 Å². The molecule has 0 radical (unpaired) electrons. The van der Waals surface area contributed by atoms with Gasteiger partial charge in [-0.3, -0.25) is 24.7 Å². The van der Waals surface area contributed by atoms with Gasteiger partial charge >= 0.3 is 0 Å². The average Bonchev–Trinajstić information content (AvgIpc) is 3.06. The summed E-state index contributed by atoms with van der Waals surface area (Å²) in [6, 6.07) is 13.5. The normalized spacial score (nSPS) is 17.1.